The maximum absolute atomic E-state index is 9.48. The molecule has 1 unspecified atom stereocenters. The highest BCUT2D eigenvalue weighted by Crippen LogP contribution is 2.24. The van der Waals surface area contributed by atoms with E-state index in [1.807, 2.05) is 60.7 Å². The molecule has 0 aromatic heterocycles. The molecular weight excluding hydrogens is 243 g/mol. The van der Waals surface area contributed by atoms with Crippen molar-refractivity contribution < 1.29 is 4.89 Å². The lowest BCUT2D eigenvalue weighted by Gasteiger charge is -2.17. The van der Waals surface area contributed by atoms with Crippen molar-refractivity contribution in [3.63, 3.8) is 0 Å². The van der Waals surface area contributed by atoms with E-state index < -0.39 is 7.94 Å². The monoisotopic (exact) mass is 258 g/mol. The Morgan fingerprint density at radius 2 is 1.22 bits per heavy atom. The minimum atomic E-state index is -2.08. The molecule has 92 valence electrons. The highest BCUT2D eigenvalue weighted by atomic mass is 31.1. The third-order valence-electron chi connectivity index (χ3n) is 2.67. The Labute approximate surface area is 108 Å². The van der Waals surface area contributed by atoms with Gasteiger partial charge in [-0.1, -0.05) is 60.7 Å². The second-order valence-corrected chi connectivity index (χ2v) is 5.16. The molecule has 18 heavy (non-hydrogen) atoms. The smallest absolute Gasteiger partial charge is 0.264 e. The topological polar surface area (TPSA) is 47.3 Å². The summed E-state index contributed by atoms with van der Waals surface area (Å²) in [4.78, 5) is 9.48. The Morgan fingerprint density at radius 1 is 0.833 bits per heavy atom. The van der Waals surface area contributed by atoms with Crippen molar-refractivity contribution in [1.29, 1.82) is 5.00 Å². The molecule has 0 heterocycles. The van der Waals surface area contributed by atoms with Crippen molar-refractivity contribution in [1.82, 2.24) is 4.67 Å². The van der Waals surface area contributed by atoms with Gasteiger partial charge < -0.3 is 4.89 Å². The number of nitrogens with zero attached hydrogens (tertiary/aromatic N) is 2. The Kier molecular flexibility index (Phi) is 4.52. The van der Waals surface area contributed by atoms with Gasteiger partial charge in [0.15, 0.2) is 0 Å². The van der Waals surface area contributed by atoms with E-state index in [9.17, 15) is 9.90 Å². The predicted molar refractivity (Wildman–Crippen MR) is 73.0 cm³/mol. The fourth-order valence-electron chi connectivity index (χ4n) is 1.77. The third kappa shape index (κ3) is 3.69. The van der Waals surface area contributed by atoms with Crippen LogP contribution in [0.4, 0.5) is 0 Å². The first-order valence-electron chi connectivity index (χ1n) is 5.76. The molecule has 0 saturated heterocycles. The highest BCUT2D eigenvalue weighted by molar-refractivity contribution is 7.33. The lowest BCUT2D eigenvalue weighted by molar-refractivity contribution is 0.405. The normalized spacial score (nSPS) is 11.5. The molecule has 0 radical (unpaired) electrons. The average molecular weight is 258 g/mol. The molecule has 0 aliphatic heterocycles. The maximum Gasteiger partial charge on any atom is 0.264 e. The largest absolute Gasteiger partial charge is 0.312 e. The summed E-state index contributed by atoms with van der Waals surface area (Å²) < 4.78 is 1.67. The van der Waals surface area contributed by atoms with Crippen molar-refractivity contribution in [3.05, 3.63) is 71.8 Å². The van der Waals surface area contributed by atoms with Gasteiger partial charge in [0.05, 0.1) is 0 Å². The first-order valence-corrected chi connectivity index (χ1v) is 6.96. The van der Waals surface area contributed by atoms with Gasteiger partial charge in [0.1, 0.15) is 0 Å². The molecule has 0 aliphatic rings. The molecule has 2 aromatic carbocycles. The highest BCUT2D eigenvalue weighted by Gasteiger charge is 2.10. The quantitative estimate of drug-likeness (QED) is 0.854. The molecule has 1 atom stereocenters. The van der Waals surface area contributed by atoms with Gasteiger partial charge in [0, 0.05) is 13.1 Å². The van der Waals surface area contributed by atoms with Crippen LogP contribution in [-0.2, 0) is 13.1 Å². The molecule has 1 N–H and O–H groups in total. The third-order valence-corrected chi connectivity index (χ3v) is 3.46. The minimum Gasteiger partial charge on any atom is -0.312 e. The van der Waals surface area contributed by atoms with Crippen LogP contribution in [0.2, 0.25) is 0 Å². The van der Waals surface area contributed by atoms with E-state index in [0.717, 1.165) is 11.1 Å². The first kappa shape index (κ1) is 12.8. The van der Waals surface area contributed by atoms with E-state index in [-0.39, 0.29) is 0 Å². The van der Waals surface area contributed by atoms with Gasteiger partial charge in [-0.05, 0) is 11.1 Å². The summed E-state index contributed by atoms with van der Waals surface area (Å²) in [7, 11) is -2.08. The molecule has 0 aliphatic carbocycles. The minimum absolute atomic E-state index is 0.536. The summed E-state index contributed by atoms with van der Waals surface area (Å²) in [5, 5.41) is 9.48. The standard InChI is InChI=1S/C14H15N2OP/c15-18(17)16(11-13-7-3-1-4-8-13)12-14-9-5-2-6-10-14/h1-10,17H,11-12H2. The van der Waals surface area contributed by atoms with E-state index in [1.54, 1.807) is 4.67 Å². The zero-order chi connectivity index (χ0) is 12.8. The predicted octanol–water partition coefficient (Wildman–Crippen LogP) is 3.47. The molecule has 0 fully saturated rings. The molecule has 0 spiro atoms. The van der Waals surface area contributed by atoms with Gasteiger partial charge in [-0.3, -0.25) is 0 Å². The number of hydrogen-bond donors (Lipinski definition) is 1. The van der Waals surface area contributed by atoms with Crippen molar-refractivity contribution in [2.24, 2.45) is 0 Å². The van der Waals surface area contributed by atoms with Crippen molar-refractivity contribution in [3.8, 4) is 0 Å². The molecular formula is C14H15N2OP. The van der Waals surface area contributed by atoms with Crippen molar-refractivity contribution >= 4 is 7.94 Å². The van der Waals surface area contributed by atoms with Gasteiger partial charge in [0.2, 0.25) is 0 Å². The second-order valence-electron chi connectivity index (χ2n) is 4.06. The molecule has 2 rings (SSSR count). The van der Waals surface area contributed by atoms with E-state index in [4.69, 9.17) is 0 Å². The van der Waals surface area contributed by atoms with Gasteiger partial charge in [-0.2, -0.15) is 5.00 Å². The SMILES string of the molecule is N#P(O)N(Cc1ccccc1)Cc1ccccc1. The number of benzene rings is 2. The number of hydrogen-bond acceptors (Lipinski definition) is 3. The van der Waals surface area contributed by atoms with Crippen LogP contribution in [0.1, 0.15) is 11.1 Å². The van der Waals surface area contributed by atoms with Crippen LogP contribution in [-0.4, -0.2) is 9.56 Å². The summed E-state index contributed by atoms with van der Waals surface area (Å²) in [5.41, 5.74) is 2.15. The van der Waals surface area contributed by atoms with E-state index in [1.165, 1.54) is 0 Å². The summed E-state index contributed by atoms with van der Waals surface area (Å²) in [5.74, 6) is 0. The van der Waals surface area contributed by atoms with Gasteiger partial charge in [-0.15, -0.1) is 0 Å². The van der Waals surface area contributed by atoms with Crippen molar-refractivity contribution in [2.75, 3.05) is 0 Å². The lowest BCUT2D eigenvalue weighted by atomic mass is 10.2. The Balaban J connectivity index is 2.09. The summed E-state index contributed by atoms with van der Waals surface area (Å²) in [6, 6.07) is 19.6. The lowest BCUT2D eigenvalue weighted by Crippen LogP contribution is -2.13. The van der Waals surface area contributed by atoms with Gasteiger partial charge in [-0.25, -0.2) is 4.67 Å². The Hall–Kier alpha value is -1.63. The van der Waals surface area contributed by atoms with Crippen LogP contribution in [0.5, 0.6) is 0 Å². The Morgan fingerprint density at radius 3 is 1.56 bits per heavy atom. The van der Waals surface area contributed by atoms with Crippen LogP contribution in [0.3, 0.4) is 0 Å². The molecule has 0 bridgehead atoms. The zero-order valence-corrected chi connectivity index (χ0v) is 10.9. The van der Waals surface area contributed by atoms with Gasteiger partial charge in [0.25, 0.3) is 7.94 Å². The fourth-order valence-corrected chi connectivity index (χ4v) is 2.35. The van der Waals surface area contributed by atoms with Crippen LogP contribution >= 0.6 is 7.94 Å². The Bertz CT molecular complexity index is 507. The van der Waals surface area contributed by atoms with E-state index in [2.05, 4.69) is 0 Å². The van der Waals surface area contributed by atoms with Crippen LogP contribution in [0, 0.1) is 5.00 Å². The molecule has 4 heteroatoms. The van der Waals surface area contributed by atoms with E-state index in [0.29, 0.717) is 13.1 Å². The summed E-state index contributed by atoms with van der Waals surface area (Å²) >= 11 is 0. The summed E-state index contributed by atoms with van der Waals surface area (Å²) in [6.07, 6.45) is 0. The molecule has 0 amide bonds. The second kappa shape index (κ2) is 6.34. The average Bonchev–Trinajstić information content (AvgIpc) is 2.40. The van der Waals surface area contributed by atoms with E-state index >= 15 is 0 Å². The van der Waals surface area contributed by atoms with Crippen LogP contribution in [0.25, 0.3) is 0 Å². The number of rotatable bonds is 4. The van der Waals surface area contributed by atoms with Crippen molar-refractivity contribution in [2.45, 2.75) is 13.1 Å². The fraction of sp³-hybridized carbons (Fsp3) is 0.143. The van der Waals surface area contributed by atoms with Crippen LogP contribution in [0.15, 0.2) is 60.7 Å². The molecule has 2 aromatic rings. The van der Waals surface area contributed by atoms with Crippen LogP contribution < -0.4 is 0 Å². The first-order chi connectivity index (χ1) is 8.75. The zero-order valence-electron chi connectivity index (χ0n) is 9.98. The maximum atomic E-state index is 9.48. The summed E-state index contributed by atoms with van der Waals surface area (Å²) in [6.45, 7) is 1.07. The molecule has 3 nitrogen and oxygen atoms in total. The molecule has 0 saturated carbocycles. The van der Waals surface area contributed by atoms with Gasteiger partial charge >= 0.3 is 0 Å².